The number of ether oxygens (including phenoxy) is 2. The molecule has 1 heterocycles. The lowest BCUT2D eigenvalue weighted by atomic mass is 9.79. The van der Waals surface area contributed by atoms with Gasteiger partial charge in [-0.15, -0.1) is 0 Å². The van der Waals surface area contributed by atoms with Crippen molar-refractivity contribution in [3.8, 4) is 17.2 Å². The number of aryl methyl sites for hydroxylation is 1. The number of anilines is 1. The molecule has 6 heteroatoms. The van der Waals surface area contributed by atoms with Crippen LogP contribution in [0.5, 0.6) is 17.2 Å². The number of likely N-dealkylation sites (tertiary alicyclic amines) is 1. The van der Waals surface area contributed by atoms with E-state index >= 15 is 4.39 Å². The Morgan fingerprint density at radius 2 is 1.79 bits per heavy atom. The minimum Gasteiger partial charge on any atom is -0.508 e. The van der Waals surface area contributed by atoms with Crippen LogP contribution in [0.3, 0.4) is 0 Å². The third-order valence-corrected chi connectivity index (χ3v) is 8.46. The molecule has 0 spiro atoms. The predicted molar refractivity (Wildman–Crippen MR) is 155 cm³/mol. The summed E-state index contributed by atoms with van der Waals surface area (Å²) >= 11 is 0. The van der Waals surface area contributed by atoms with Crippen LogP contribution >= 0.6 is 0 Å². The number of rotatable bonds is 9. The largest absolute Gasteiger partial charge is 0.508 e. The van der Waals surface area contributed by atoms with E-state index in [1.54, 1.807) is 25.3 Å². The molecule has 3 aromatic carbocycles. The normalized spacial score (nSPS) is 18.0. The van der Waals surface area contributed by atoms with Crippen LogP contribution in [0.15, 0.2) is 54.6 Å². The smallest absolute Gasteiger partial charge is 0.165 e. The van der Waals surface area contributed by atoms with Gasteiger partial charge in [-0.2, -0.15) is 0 Å². The average Bonchev–Trinajstić information content (AvgIpc) is 2.97. The first-order chi connectivity index (χ1) is 19.0. The maximum Gasteiger partial charge on any atom is 0.165 e. The Balaban J connectivity index is 1.34. The second-order valence-corrected chi connectivity index (χ2v) is 10.8. The first-order valence-corrected chi connectivity index (χ1v) is 14.4. The number of piperidine rings is 1. The lowest BCUT2D eigenvalue weighted by molar-refractivity contribution is 0.100. The number of phenolic OH excluding ortho intramolecular Hbond substituents is 1. The highest BCUT2D eigenvalue weighted by molar-refractivity contribution is 5.60. The van der Waals surface area contributed by atoms with Gasteiger partial charge in [0.15, 0.2) is 11.6 Å². The molecule has 1 aliphatic carbocycles. The van der Waals surface area contributed by atoms with Gasteiger partial charge in [-0.1, -0.05) is 25.1 Å². The van der Waals surface area contributed by atoms with Crippen LogP contribution in [0, 0.1) is 5.82 Å². The molecule has 0 aromatic heterocycles. The molecule has 0 radical (unpaired) electrons. The zero-order valence-corrected chi connectivity index (χ0v) is 23.5. The second kappa shape index (κ2) is 12.3. The van der Waals surface area contributed by atoms with Crippen LogP contribution in [-0.4, -0.2) is 49.4 Å². The van der Waals surface area contributed by atoms with E-state index in [2.05, 4.69) is 41.8 Å². The van der Waals surface area contributed by atoms with Crippen molar-refractivity contribution in [3.05, 3.63) is 82.7 Å². The zero-order chi connectivity index (χ0) is 27.4. The third kappa shape index (κ3) is 6.33. The third-order valence-electron chi connectivity index (χ3n) is 8.46. The Labute approximate surface area is 232 Å². The first kappa shape index (κ1) is 27.3. The van der Waals surface area contributed by atoms with Gasteiger partial charge in [0, 0.05) is 37.9 Å². The highest BCUT2D eigenvalue weighted by Crippen LogP contribution is 2.40. The summed E-state index contributed by atoms with van der Waals surface area (Å²) in [6.07, 6.45) is 4.84. The Morgan fingerprint density at radius 1 is 0.974 bits per heavy atom. The summed E-state index contributed by atoms with van der Waals surface area (Å²) in [6.45, 7) is 8.76. The molecular weight excluding hydrogens is 491 g/mol. The fraction of sp³-hybridized carbons (Fsp3) is 0.455. The van der Waals surface area contributed by atoms with E-state index in [4.69, 9.17) is 9.47 Å². The van der Waals surface area contributed by atoms with Crippen molar-refractivity contribution in [2.24, 2.45) is 0 Å². The Bertz CT molecular complexity index is 1270. The van der Waals surface area contributed by atoms with E-state index in [-0.39, 0.29) is 11.9 Å². The number of benzene rings is 3. The monoisotopic (exact) mass is 532 g/mol. The van der Waals surface area contributed by atoms with E-state index in [9.17, 15) is 5.11 Å². The van der Waals surface area contributed by atoms with Crippen LogP contribution in [0.2, 0.25) is 0 Å². The van der Waals surface area contributed by atoms with Gasteiger partial charge in [0.25, 0.3) is 0 Å². The van der Waals surface area contributed by atoms with E-state index in [1.807, 2.05) is 18.2 Å². The summed E-state index contributed by atoms with van der Waals surface area (Å²) in [7, 11) is 1.69. The molecule has 2 aliphatic rings. The van der Waals surface area contributed by atoms with E-state index < -0.39 is 0 Å². The van der Waals surface area contributed by atoms with E-state index in [0.29, 0.717) is 24.0 Å². The van der Waals surface area contributed by atoms with Crippen LogP contribution in [-0.2, 0) is 19.4 Å². The standard InChI is InChI=1S/C33H41FN2O3/c1-4-35-16-14-28(15-17-35)39-33-13-6-23(18-31(33)34)22-36(5-2)32-21-29(38-3)11-12-30(32)26-8-7-25-20-27(37)10-9-24(25)19-26/h6,9-13,18,20-21,26,28,37H,4-5,7-8,14-17,19,22H2,1-3H3/t26-/m1/s1. The Morgan fingerprint density at radius 3 is 2.51 bits per heavy atom. The van der Waals surface area contributed by atoms with Crippen molar-refractivity contribution in [2.75, 3.05) is 38.2 Å². The number of hydrogen-bond acceptors (Lipinski definition) is 5. The highest BCUT2D eigenvalue weighted by Gasteiger charge is 2.25. The molecule has 1 saturated heterocycles. The molecule has 0 unspecified atom stereocenters. The number of phenols is 1. The van der Waals surface area contributed by atoms with Gasteiger partial charge in [-0.25, -0.2) is 4.39 Å². The molecule has 5 nitrogen and oxygen atoms in total. The maximum atomic E-state index is 15.2. The summed E-state index contributed by atoms with van der Waals surface area (Å²) in [5, 5.41) is 9.90. The van der Waals surface area contributed by atoms with Crippen molar-refractivity contribution < 1.29 is 19.0 Å². The number of nitrogens with zero attached hydrogens (tertiary/aromatic N) is 2. The molecule has 1 fully saturated rings. The van der Waals surface area contributed by atoms with Crippen molar-refractivity contribution >= 4 is 5.69 Å². The lowest BCUT2D eigenvalue weighted by Crippen LogP contribution is -2.38. The fourth-order valence-electron chi connectivity index (χ4n) is 6.13. The summed E-state index contributed by atoms with van der Waals surface area (Å²) in [6, 6.07) is 17.5. The van der Waals surface area contributed by atoms with Crippen molar-refractivity contribution in [1.82, 2.24) is 4.90 Å². The van der Waals surface area contributed by atoms with Gasteiger partial charge in [-0.05, 0) is 104 Å². The molecule has 1 atom stereocenters. The second-order valence-electron chi connectivity index (χ2n) is 10.8. The van der Waals surface area contributed by atoms with Gasteiger partial charge >= 0.3 is 0 Å². The number of hydrogen-bond donors (Lipinski definition) is 1. The van der Waals surface area contributed by atoms with Crippen molar-refractivity contribution in [2.45, 2.75) is 64.5 Å². The molecule has 0 amide bonds. The first-order valence-electron chi connectivity index (χ1n) is 14.4. The molecule has 208 valence electrons. The molecule has 39 heavy (non-hydrogen) atoms. The average molecular weight is 533 g/mol. The number of methoxy groups -OCH3 is 1. The van der Waals surface area contributed by atoms with E-state index in [0.717, 1.165) is 75.3 Å². The number of aromatic hydroxyl groups is 1. The quantitative estimate of drug-likeness (QED) is 0.332. The van der Waals surface area contributed by atoms with Gasteiger partial charge in [0.05, 0.1) is 7.11 Å². The molecule has 0 saturated carbocycles. The molecule has 5 rings (SSSR count). The predicted octanol–water partition coefficient (Wildman–Crippen LogP) is 6.70. The lowest BCUT2D eigenvalue weighted by Gasteiger charge is -2.32. The van der Waals surface area contributed by atoms with Crippen LogP contribution in [0.4, 0.5) is 10.1 Å². The van der Waals surface area contributed by atoms with Crippen LogP contribution in [0.1, 0.15) is 61.3 Å². The summed E-state index contributed by atoms with van der Waals surface area (Å²) in [5.41, 5.74) is 5.87. The molecule has 1 N–H and O–H groups in total. The minimum absolute atomic E-state index is 0.0734. The summed E-state index contributed by atoms with van der Waals surface area (Å²) < 4.78 is 26.8. The van der Waals surface area contributed by atoms with E-state index in [1.165, 1.54) is 16.7 Å². The zero-order valence-electron chi connectivity index (χ0n) is 23.5. The number of halogens is 1. The van der Waals surface area contributed by atoms with Crippen molar-refractivity contribution in [3.63, 3.8) is 0 Å². The van der Waals surface area contributed by atoms with Gasteiger partial charge in [0.2, 0.25) is 0 Å². The van der Waals surface area contributed by atoms with Crippen molar-refractivity contribution in [1.29, 1.82) is 0 Å². The number of fused-ring (bicyclic) bond motifs is 1. The Hall–Kier alpha value is -3.25. The minimum atomic E-state index is -0.292. The van der Waals surface area contributed by atoms with Gasteiger partial charge in [-0.3, -0.25) is 0 Å². The summed E-state index contributed by atoms with van der Waals surface area (Å²) in [5.74, 6) is 1.58. The summed E-state index contributed by atoms with van der Waals surface area (Å²) in [4.78, 5) is 4.71. The fourth-order valence-corrected chi connectivity index (χ4v) is 6.13. The molecule has 0 bridgehead atoms. The van der Waals surface area contributed by atoms with Gasteiger partial charge < -0.3 is 24.4 Å². The highest BCUT2D eigenvalue weighted by atomic mass is 19.1. The van der Waals surface area contributed by atoms with Crippen LogP contribution < -0.4 is 14.4 Å². The van der Waals surface area contributed by atoms with Gasteiger partial charge in [0.1, 0.15) is 17.6 Å². The molecule has 3 aromatic rings. The Kier molecular flexibility index (Phi) is 8.61. The molecular formula is C33H41FN2O3. The SMILES string of the molecule is CCN1CCC(Oc2ccc(CN(CC)c3cc(OC)ccc3[C@@H]3CCc4cc(O)ccc4C3)cc2F)CC1. The molecule has 1 aliphatic heterocycles. The topological polar surface area (TPSA) is 45.2 Å². The maximum absolute atomic E-state index is 15.2. The van der Waals surface area contributed by atoms with Crippen LogP contribution in [0.25, 0.3) is 0 Å².